The second-order valence-corrected chi connectivity index (χ2v) is 4.91. The number of nitrogens with zero attached hydrogens (tertiary/aromatic N) is 2. The Labute approximate surface area is 114 Å². The number of hydrogen-bond donors (Lipinski definition) is 1. The van der Waals surface area contributed by atoms with Gasteiger partial charge in [-0.15, -0.1) is 0 Å². The number of rotatable bonds is 2. The number of halogens is 3. The Morgan fingerprint density at radius 2 is 2.10 bits per heavy atom. The van der Waals surface area contributed by atoms with E-state index in [0.29, 0.717) is 12.6 Å². The Bertz CT molecular complexity index is 517. The highest BCUT2D eigenvalue weighted by Crippen LogP contribution is 2.32. The fourth-order valence-electron chi connectivity index (χ4n) is 2.40. The van der Waals surface area contributed by atoms with Gasteiger partial charge in [0, 0.05) is 12.6 Å². The zero-order valence-corrected chi connectivity index (χ0v) is 10.9. The van der Waals surface area contributed by atoms with Crippen LogP contribution in [0.4, 0.5) is 19.0 Å². The Balaban J connectivity index is 2.49. The number of hydrogen-bond acceptors (Lipinski definition) is 3. The molecule has 0 aliphatic carbocycles. The maximum Gasteiger partial charge on any atom is 0.433 e. The fourth-order valence-corrected chi connectivity index (χ4v) is 2.40. The summed E-state index contributed by atoms with van der Waals surface area (Å²) in [7, 11) is 0. The molecule has 0 saturated carbocycles. The molecule has 1 fully saturated rings. The molecular formula is C13H15F3N2O2. The van der Waals surface area contributed by atoms with E-state index in [2.05, 4.69) is 4.98 Å². The van der Waals surface area contributed by atoms with E-state index >= 15 is 0 Å². The third-order valence-electron chi connectivity index (χ3n) is 3.47. The number of anilines is 1. The van der Waals surface area contributed by atoms with Gasteiger partial charge in [-0.1, -0.05) is 0 Å². The molecule has 1 aromatic rings. The molecule has 1 aliphatic heterocycles. The Kier molecular flexibility index (Phi) is 3.87. The minimum atomic E-state index is -4.58. The van der Waals surface area contributed by atoms with Crippen molar-refractivity contribution in [3.63, 3.8) is 0 Å². The van der Waals surface area contributed by atoms with Gasteiger partial charge in [-0.25, -0.2) is 9.78 Å². The number of pyridine rings is 1. The van der Waals surface area contributed by atoms with Crippen molar-refractivity contribution in [2.75, 3.05) is 11.4 Å². The molecule has 0 amide bonds. The molecule has 7 heteroatoms. The first kappa shape index (κ1) is 14.6. The quantitative estimate of drug-likeness (QED) is 0.908. The zero-order valence-electron chi connectivity index (χ0n) is 10.9. The summed E-state index contributed by atoms with van der Waals surface area (Å²) in [5.41, 5.74) is -1.25. The minimum Gasteiger partial charge on any atom is -0.478 e. The summed E-state index contributed by atoms with van der Waals surface area (Å²) in [6, 6.07) is 1.67. The van der Waals surface area contributed by atoms with E-state index < -0.39 is 17.8 Å². The lowest BCUT2D eigenvalue weighted by molar-refractivity contribution is -0.141. The van der Waals surface area contributed by atoms with Crippen LogP contribution in [0.5, 0.6) is 0 Å². The summed E-state index contributed by atoms with van der Waals surface area (Å²) in [6.07, 6.45) is -1.96. The van der Waals surface area contributed by atoms with E-state index in [-0.39, 0.29) is 17.4 Å². The number of alkyl halides is 3. The number of aromatic carboxylic acids is 1. The second-order valence-electron chi connectivity index (χ2n) is 4.91. The van der Waals surface area contributed by atoms with E-state index in [9.17, 15) is 18.0 Å². The molecule has 0 bridgehead atoms. The van der Waals surface area contributed by atoms with Gasteiger partial charge in [-0.3, -0.25) is 0 Å². The van der Waals surface area contributed by atoms with Gasteiger partial charge in [-0.2, -0.15) is 13.2 Å². The Morgan fingerprint density at radius 1 is 1.40 bits per heavy atom. The lowest BCUT2D eigenvalue weighted by Gasteiger charge is -2.35. The summed E-state index contributed by atoms with van der Waals surface area (Å²) in [6.45, 7) is 2.39. The summed E-state index contributed by atoms with van der Waals surface area (Å²) in [5.74, 6) is -1.35. The van der Waals surface area contributed by atoms with Crippen molar-refractivity contribution in [3.05, 3.63) is 23.4 Å². The van der Waals surface area contributed by atoms with Crippen LogP contribution in [0.25, 0.3) is 0 Å². The third-order valence-corrected chi connectivity index (χ3v) is 3.47. The van der Waals surface area contributed by atoms with Gasteiger partial charge < -0.3 is 10.0 Å². The highest BCUT2D eigenvalue weighted by Gasteiger charge is 2.35. The van der Waals surface area contributed by atoms with Crippen molar-refractivity contribution in [1.82, 2.24) is 4.98 Å². The second kappa shape index (κ2) is 5.30. The van der Waals surface area contributed by atoms with Crippen molar-refractivity contribution in [2.45, 2.75) is 38.4 Å². The lowest BCUT2D eigenvalue weighted by atomic mass is 10.0. The highest BCUT2D eigenvalue weighted by atomic mass is 19.4. The Hall–Kier alpha value is -1.79. The monoisotopic (exact) mass is 288 g/mol. The molecule has 0 aromatic carbocycles. The molecule has 4 nitrogen and oxygen atoms in total. The van der Waals surface area contributed by atoms with Crippen LogP contribution in [0.3, 0.4) is 0 Å². The predicted molar refractivity (Wildman–Crippen MR) is 66.9 cm³/mol. The molecule has 0 radical (unpaired) electrons. The number of carboxylic acid groups (broad SMARTS) is 1. The molecule has 2 heterocycles. The van der Waals surface area contributed by atoms with Gasteiger partial charge in [0.15, 0.2) is 0 Å². The van der Waals surface area contributed by atoms with Crippen LogP contribution >= 0.6 is 0 Å². The van der Waals surface area contributed by atoms with Crippen molar-refractivity contribution in [1.29, 1.82) is 0 Å². The first-order valence-electron chi connectivity index (χ1n) is 6.39. The van der Waals surface area contributed by atoms with Gasteiger partial charge in [0.1, 0.15) is 17.1 Å². The molecule has 110 valence electrons. The minimum absolute atomic E-state index is 0.0159. The average Bonchev–Trinajstić information content (AvgIpc) is 2.37. The van der Waals surface area contributed by atoms with E-state index in [0.717, 1.165) is 25.3 Å². The standard InChI is InChI=1S/C13H15F3N2O2/c1-8-4-2-3-7-18(8)11-9(12(19)20)5-6-10(17-11)13(14,15)16/h5-6,8H,2-4,7H2,1H3,(H,19,20). The number of aromatic nitrogens is 1. The number of carbonyl (C=O) groups is 1. The van der Waals surface area contributed by atoms with Crippen molar-refractivity contribution in [3.8, 4) is 0 Å². The molecule has 0 spiro atoms. The van der Waals surface area contributed by atoms with Gasteiger partial charge in [-0.05, 0) is 38.3 Å². The SMILES string of the molecule is CC1CCCCN1c1nc(C(F)(F)F)ccc1C(=O)O. The van der Waals surface area contributed by atoms with E-state index in [1.165, 1.54) is 0 Å². The molecule has 1 unspecified atom stereocenters. The van der Waals surface area contributed by atoms with Crippen LogP contribution in [0.1, 0.15) is 42.2 Å². The molecule has 1 atom stereocenters. The molecule has 20 heavy (non-hydrogen) atoms. The first-order valence-corrected chi connectivity index (χ1v) is 6.39. The van der Waals surface area contributed by atoms with Gasteiger partial charge in [0.05, 0.1) is 0 Å². The summed E-state index contributed by atoms with van der Waals surface area (Å²) < 4.78 is 38.2. The average molecular weight is 288 g/mol. The molecule has 2 rings (SSSR count). The maximum atomic E-state index is 12.7. The molecule has 1 aromatic heterocycles. The van der Waals surface area contributed by atoms with Crippen LogP contribution in [0, 0.1) is 0 Å². The first-order chi connectivity index (χ1) is 9.30. The summed E-state index contributed by atoms with van der Waals surface area (Å²) >= 11 is 0. The van der Waals surface area contributed by atoms with Gasteiger partial charge in [0.2, 0.25) is 0 Å². The smallest absolute Gasteiger partial charge is 0.433 e. The number of piperidine rings is 1. The van der Waals surface area contributed by atoms with Crippen LogP contribution in [-0.4, -0.2) is 28.6 Å². The van der Waals surface area contributed by atoms with Crippen LogP contribution in [0.2, 0.25) is 0 Å². The van der Waals surface area contributed by atoms with Crippen LogP contribution < -0.4 is 4.90 Å². The predicted octanol–water partition coefficient (Wildman–Crippen LogP) is 3.18. The summed E-state index contributed by atoms with van der Waals surface area (Å²) in [4.78, 5) is 16.4. The van der Waals surface area contributed by atoms with Crippen molar-refractivity contribution >= 4 is 11.8 Å². The zero-order chi connectivity index (χ0) is 14.9. The topological polar surface area (TPSA) is 53.4 Å². The van der Waals surface area contributed by atoms with Crippen LogP contribution in [0.15, 0.2) is 12.1 Å². The van der Waals surface area contributed by atoms with Crippen molar-refractivity contribution < 1.29 is 23.1 Å². The van der Waals surface area contributed by atoms with Crippen molar-refractivity contribution in [2.24, 2.45) is 0 Å². The number of carboxylic acids is 1. The Morgan fingerprint density at radius 3 is 2.65 bits per heavy atom. The van der Waals surface area contributed by atoms with Crippen LogP contribution in [-0.2, 0) is 6.18 Å². The molecule has 1 saturated heterocycles. The van der Waals surface area contributed by atoms with Gasteiger partial charge in [0.25, 0.3) is 0 Å². The van der Waals surface area contributed by atoms with E-state index in [4.69, 9.17) is 5.11 Å². The molecular weight excluding hydrogens is 273 g/mol. The molecule has 1 aliphatic rings. The molecule has 1 N–H and O–H groups in total. The summed E-state index contributed by atoms with van der Waals surface area (Å²) in [5, 5.41) is 9.13. The largest absolute Gasteiger partial charge is 0.478 e. The maximum absolute atomic E-state index is 12.7. The lowest BCUT2D eigenvalue weighted by Crippen LogP contribution is -2.39. The van der Waals surface area contributed by atoms with E-state index in [1.807, 2.05) is 6.92 Å². The highest BCUT2D eigenvalue weighted by molar-refractivity contribution is 5.93. The third kappa shape index (κ3) is 2.86. The normalized spacial score (nSPS) is 20.0. The van der Waals surface area contributed by atoms with Gasteiger partial charge >= 0.3 is 12.1 Å². The van der Waals surface area contributed by atoms with E-state index in [1.54, 1.807) is 4.90 Å². The fraction of sp³-hybridized carbons (Fsp3) is 0.538.